The summed E-state index contributed by atoms with van der Waals surface area (Å²) >= 11 is 0. The highest BCUT2D eigenvalue weighted by Gasteiger charge is 2.22. The van der Waals surface area contributed by atoms with E-state index in [9.17, 15) is 5.11 Å². The Balaban J connectivity index is 2.26. The van der Waals surface area contributed by atoms with Crippen molar-refractivity contribution in [2.45, 2.75) is 50.9 Å². The molecule has 0 spiro atoms. The first-order chi connectivity index (χ1) is 6.11. The quantitative estimate of drug-likeness (QED) is 0.677. The molecule has 0 radical (unpaired) electrons. The smallest absolute Gasteiger partial charge is 0.0922 e. The molecule has 13 heavy (non-hydrogen) atoms. The first-order valence-electron chi connectivity index (χ1n) is 5.17. The van der Waals surface area contributed by atoms with E-state index < -0.39 is 12.2 Å². The van der Waals surface area contributed by atoms with Crippen molar-refractivity contribution in [1.29, 1.82) is 0 Å². The van der Waals surface area contributed by atoms with Crippen molar-refractivity contribution in [3.63, 3.8) is 0 Å². The van der Waals surface area contributed by atoms with Crippen LogP contribution < -0.4 is 0 Å². The Bertz CT molecular complexity index is 144. The Labute approximate surface area is 80.4 Å². The average molecular weight is 187 g/mol. The van der Waals surface area contributed by atoms with E-state index in [1.54, 1.807) is 6.92 Å². The normalized spacial score (nSPS) is 23.8. The van der Waals surface area contributed by atoms with Gasteiger partial charge in [0.1, 0.15) is 0 Å². The number of hydrogen-bond donors (Lipinski definition) is 2. The fourth-order valence-electron chi connectivity index (χ4n) is 1.94. The molecule has 0 aliphatic heterocycles. The Morgan fingerprint density at radius 3 is 2.31 bits per heavy atom. The van der Waals surface area contributed by atoms with Crippen LogP contribution in [0.15, 0.2) is 0 Å². The highest BCUT2D eigenvalue weighted by atomic mass is 16.3. The van der Waals surface area contributed by atoms with Gasteiger partial charge in [0.05, 0.1) is 12.2 Å². The Morgan fingerprint density at radius 1 is 1.31 bits per heavy atom. The maximum absolute atomic E-state index is 9.47. The van der Waals surface area contributed by atoms with E-state index in [2.05, 4.69) is 4.90 Å². The van der Waals surface area contributed by atoms with Crippen LogP contribution in [0, 0.1) is 0 Å². The van der Waals surface area contributed by atoms with Gasteiger partial charge in [-0.25, -0.2) is 0 Å². The zero-order valence-corrected chi connectivity index (χ0v) is 8.61. The van der Waals surface area contributed by atoms with Crippen LogP contribution in [0.4, 0.5) is 0 Å². The molecular weight excluding hydrogens is 166 g/mol. The molecule has 1 rings (SSSR count). The minimum atomic E-state index is -0.621. The summed E-state index contributed by atoms with van der Waals surface area (Å²) in [6.07, 6.45) is 3.86. The second-order valence-electron chi connectivity index (χ2n) is 4.19. The first-order valence-corrected chi connectivity index (χ1v) is 5.17. The fraction of sp³-hybridized carbons (Fsp3) is 1.00. The zero-order valence-electron chi connectivity index (χ0n) is 8.61. The van der Waals surface area contributed by atoms with Crippen LogP contribution in [0.25, 0.3) is 0 Å². The number of aliphatic hydroxyl groups is 2. The van der Waals surface area contributed by atoms with Crippen LogP contribution in [0.2, 0.25) is 0 Å². The molecule has 1 aliphatic rings. The number of aliphatic hydroxyl groups excluding tert-OH is 2. The molecule has 0 saturated heterocycles. The Kier molecular flexibility index (Phi) is 4.16. The van der Waals surface area contributed by atoms with Crippen LogP contribution in [0.3, 0.4) is 0 Å². The number of rotatable bonds is 4. The highest BCUT2D eigenvalue weighted by molar-refractivity contribution is 4.77. The van der Waals surface area contributed by atoms with Crippen molar-refractivity contribution in [2.24, 2.45) is 0 Å². The second-order valence-corrected chi connectivity index (χ2v) is 4.19. The monoisotopic (exact) mass is 187 g/mol. The molecule has 0 heterocycles. The van der Waals surface area contributed by atoms with Gasteiger partial charge in [-0.2, -0.15) is 0 Å². The maximum Gasteiger partial charge on any atom is 0.0922 e. The third-order valence-corrected chi connectivity index (χ3v) is 2.98. The van der Waals surface area contributed by atoms with Crippen LogP contribution in [-0.4, -0.2) is 47.0 Å². The molecule has 2 unspecified atom stereocenters. The van der Waals surface area contributed by atoms with Crippen LogP contribution >= 0.6 is 0 Å². The summed E-state index contributed by atoms with van der Waals surface area (Å²) in [6, 6.07) is 0.619. The number of hydrogen-bond acceptors (Lipinski definition) is 3. The van der Waals surface area contributed by atoms with Gasteiger partial charge >= 0.3 is 0 Å². The molecule has 0 aromatic heterocycles. The fourth-order valence-corrected chi connectivity index (χ4v) is 1.94. The van der Waals surface area contributed by atoms with Crippen molar-refractivity contribution in [3.05, 3.63) is 0 Å². The van der Waals surface area contributed by atoms with E-state index >= 15 is 0 Å². The molecule has 78 valence electrons. The van der Waals surface area contributed by atoms with E-state index in [-0.39, 0.29) is 0 Å². The summed E-state index contributed by atoms with van der Waals surface area (Å²) in [5.41, 5.74) is 0. The molecule has 0 bridgehead atoms. The van der Waals surface area contributed by atoms with Gasteiger partial charge in [0, 0.05) is 12.6 Å². The lowest BCUT2D eigenvalue weighted by Crippen LogP contribution is -2.40. The second kappa shape index (κ2) is 4.94. The molecular formula is C10H21NO2. The standard InChI is InChI=1S/C10H21NO2/c1-8(12)10(13)7-11(2)9-5-3-4-6-9/h8-10,12-13H,3-7H2,1-2H3. The summed E-state index contributed by atoms with van der Waals surface area (Å²) in [4.78, 5) is 2.17. The predicted molar refractivity (Wildman–Crippen MR) is 52.6 cm³/mol. The first kappa shape index (κ1) is 11.0. The van der Waals surface area contributed by atoms with Crippen molar-refractivity contribution < 1.29 is 10.2 Å². The highest BCUT2D eigenvalue weighted by Crippen LogP contribution is 2.22. The third-order valence-electron chi connectivity index (χ3n) is 2.98. The molecule has 1 saturated carbocycles. The molecule has 0 amide bonds. The lowest BCUT2D eigenvalue weighted by atomic mass is 10.1. The molecule has 3 nitrogen and oxygen atoms in total. The summed E-state index contributed by atoms with van der Waals surface area (Å²) < 4.78 is 0. The third kappa shape index (κ3) is 3.25. The SMILES string of the molecule is CC(O)C(O)CN(C)C1CCCC1. The van der Waals surface area contributed by atoms with Crippen molar-refractivity contribution in [2.75, 3.05) is 13.6 Å². The van der Waals surface area contributed by atoms with Gasteiger partial charge in [-0.05, 0) is 26.8 Å². The van der Waals surface area contributed by atoms with Gasteiger partial charge in [0.2, 0.25) is 0 Å². The molecule has 3 heteroatoms. The largest absolute Gasteiger partial charge is 0.391 e. The lowest BCUT2D eigenvalue weighted by molar-refractivity contribution is 0.00534. The van der Waals surface area contributed by atoms with Crippen LogP contribution in [0.5, 0.6) is 0 Å². The molecule has 2 N–H and O–H groups in total. The number of likely N-dealkylation sites (N-methyl/N-ethyl adjacent to an activating group) is 1. The molecule has 0 aromatic carbocycles. The zero-order chi connectivity index (χ0) is 9.84. The van der Waals surface area contributed by atoms with E-state index in [4.69, 9.17) is 5.11 Å². The number of nitrogens with zero attached hydrogens (tertiary/aromatic N) is 1. The van der Waals surface area contributed by atoms with E-state index in [1.165, 1.54) is 25.7 Å². The minimum Gasteiger partial charge on any atom is -0.391 e. The van der Waals surface area contributed by atoms with Gasteiger partial charge in [0.15, 0.2) is 0 Å². The van der Waals surface area contributed by atoms with Crippen molar-refractivity contribution >= 4 is 0 Å². The molecule has 1 aliphatic carbocycles. The van der Waals surface area contributed by atoms with Gasteiger partial charge in [-0.15, -0.1) is 0 Å². The lowest BCUT2D eigenvalue weighted by Gasteiger charge is -2.27. The van der Waals surface area contributed by atoms with Crippen LogP contribution in [0.1, 0.15) is 32.6 Å². The van der Waals surface area contributed by atoms with Gasteiger partial charge in [-0.1, -0.05) is 12.8 Å². The summed E-state index contributed by atoms with van der Waals surface area (Å²) in [7, 11) is 2.03. The van der Waals surface area contributed by atoms with Crippen LogP contribution in [-0.2, 0) is 0 Å². The van der Waals surface area contributed by atoms with E-state index in [0.29, 0.717) is 12.6 Å². The Hall–Kier alpha value is -0.120. The molecule has 2 atom stereocenters. The summed E-state index contributed by atoms with van der Waals surface area (Å²) in [5, 5.41) is 18.6. The Morgan fingerprint density at radius 2 is 1.85 bits per heavy atom. The summed E-state index contributed by atoms with van der Waals surface area (Å²) in [6.45, 7) is 2.22. The molecule has 0 aromatic rings. The topological polar surface area (TPSA) is 43.7 Å². The van der Waals surface area contributed by atoms with E-state index in [1.807, 2.05) is 7.05 Å². The van der Waals surface area contributed by atoms with E-state index in [0.717, 1.165) is 0 Å². The van der Waals surface area contributed by atoms with Gasteiger partial charge in [0.25, 0.3) is 0 Å². The van der Waals surface area contributed by atoms with Gasteiger partial charge < -0.3 is 15.1 Å². The summed E-state index contributed by atoms with van der Waals surface area (Å²) in [5.74, 6) is 0. The minimum absolute atomic E-state index is 0.586. The average Bonchev–Trinajstić information content (AvgIpc) is 2.55. The predicted octanol–water partition coefficient (Wildman–Crippen LogP) is 0.602. The van der Waals surface area contributed by atoms with Crippen molar-refractivity contribution in [3.8, 4) is 0 Å². The van der Waals surface area contributed by atoms with Crippen molar-refractivity contribution in [1.82, 2.24) is 4.90 Å². The molecule has 1 fully saturated rings. The van der Waals surface area contributed by atoms with Gasteiger partial charge in [-0.3, -0.25) is 0 Å². The maximum atomic E-state index is 9.47.